The summed E-state index contributed by atoms with van der Waals surface area (Å²) in [7, 11) is 2.20. The van der Waals surface area contributed by atoms with Crippen LogP contribution >= 0.6 is 0 Å². The zero-order chi connectivity index (χ0) is 18.4. The van der Waals surface area contributed by atoms with Crippen LogP contribution in [0.25, 0.3) is 22.0 Å². The molecular weight excluding hydrogens is 363 g/mol. The number of hydrogen-bond acceptors (Lipinski definition) is 0. The van der Waals surface area contributed by atoms with Crippen LogP contribution in [0.2, 0.25) is 17.3 Å². The third-order valence-corrected chi connectivity index (χ3v) is 9.37. The number of rotatable bonds is 3. The fourth-order valence-corrected chi connectivity index (χ4v) is 7.46. The number of benzene rings is 2. The molecule has 0 saturated carbocycles. The molecule has 3 rings (SSSR count). The molecule has 0 N–H and O–H groups in total. The molecule has 0 atom stereocenters. The summed E-state index contributed by atoms with van der Waals surface area (Å²) < 4.78 is 3.97. The van der Waals surface area contributed by atoms with Gasteiger partial charge in [0.1, 0.15) is 0 Å². The quantitative estimate of drug-likeness (QED) is 0.420. The molecule has 0 unspecified atom stereocenters. The van der Waals surface area contributed by atoms with Crippen molar-refractivity contribution in [1.82, 2.24) is 0 Å². The van der Waals surface area contributed by atoms with Crippen LogP contribution in [0.5, 0.6) is 0 Å². The second-order valence-corrected chi connectivity index (χ2v) is 19.1. The first-order chi connectivity index (χ1) is 11.7. The molecule has 130 valence electrons. The second kappa shape index (κ2) is 6.60. The van der Waals surface area contributed by atoms with Gasteiger partial charge in [-0.2, -0.15) is 0 Å². The van der Waals surface area contributed by atoms with Gasteiger partial charge in [0.15, 0.2) is 0 Å². The summed E-state index contributed by atoms with van der Waals surface area (Å²) in [6.07, 6.45) is 2.42. The summed E-state index contributed by atoms with van der Waals surface area (Å²) in [4.78, 5) is 0. The predicted molar refractivity (Wildman–Crippen MR) is 112 cm³/mol. The fraction of sp³-hybridized carbons (Fsp3) is 0.348. The van der Waals surface area contributed by atoms with Gasteiger partial charge in [-0.05, 0) is 0 Å². The van der Waals surface area contributed by atoms with E-state index < -0.39 is 13.3 Å². The molecule has 0 aliphatic heterocycles. The van der Waals surface area contributed by atoms with E-state index in [1.165, 1.54) is 33.2 Å². The Labute approximate surface area is 155 Å². The van der Waals surface area contributed by atoms with Gasteiger partial charge in [0.25, 0.3) is 0 Å². The Morgan fingerprint density at radius 3 is 2.08 bits per heavy atom. The second-order valence-electron chi connectivity index (χ2n) is 8.56. The molecule has 1 heterocycles. The Hall–Kier alpha value is -1.61. The average molecular weight is 393 g/mol. The molecule has 2 aromatic carbocycles. The minimum atomic E-state index is -1.91. The molecule has 2 heteroatoms. The van der Waals surface area contributed by atoms with E-state index in [4.69, 9.17) is 0 Å². The van der Waals surface area contributed by atoms with E-state index in [9.17, 15) is 0 Å². The third kappa shape index (κ3) is 3.53. The molecular formula is C23H30GeN+. The molecule has 0 aliphatic rings. The van der Waals surface area contributed by atoms with Crippen molar-refractivity contribution >= 4 is 28.4 Å². The van der Waals surface area contributed by atoms with E-state index in [0.717, 1.165) is 0 Å². The normalized spacial score (nSPS) is 12.2. The van der Waals surface area contributed by atoms with Crippen molar-refractivity contribution in [3.8, 4) is 11.3 Å². The van der Waals surface area contributed by atoms with Gasteiger partial charge in [0.2, 0.25) is 0 Å². The molecule has 0 amide bonds. The number of aryl methyl sites for hydroxylation is 2. The molecule has 3 aromatic rings. The monoisotopic (exact) mass is 394 g/mol. The van der Waals surface area contributed by atoms with Crippen LogP contribution in [-0.4, -0.2) is 13.3 Å². The molecule has 0 radical (unpaired) electrons. The summed E-state index contributed by atoms with van der Waals surface area (Å²) >= 11 is -1.91. The van der Waals surface area contributed by atoms with Crippen LogP contribution in [0.1, 0.15) is 30.9 Å². The van der Waals surface area contributed by atoms with Crippen LogP contribution in [0.15, 0.2) is 48.7 Å². The number of hydrogen-bond donors (Lipinski definition) is 0. The van der Waals surface area contributed by atoms with E-state index in [0.29, 0.717) is 5.92 Å². The summed E-state index contributed by atoms with van der Waals surface area (Å²) in [5, 5.41) is 2.63. The van der Waals surface area contributed by atoms with Crippen molar-refractivity contribution in [3.63, 3.8) is 0 Å². The molecule has 0 fully saturated rings. The van der Waals surface area contributed by atoms with Gasteiger partial charge in [-0.3, -0.25) is 0 Å². The van der Waals surface area contributed by atoms with Gasteiger partial charge in [-0.15, -0.1) is 0 Å². The SMILES string of the molecule is Cc1cc2ccccc2cc1-c1cc(C(C)C)[c]([Ge]([CH3])([CH3])[CH3])c[n+]1C. The van der Waals surface area contributed by atoms with Crippen molar-refractivity contribution in [3.05, 3.63) is 59.8 Å². The van der Waals surface area contributed by atoms with E-state index in [-0.39, 0.29) is 0 Å². The number of fused-ring (bicyclic) bond motifs is 1. The zero-order valence-electron chi connectivity index (χ0n) is 16.6. The van der Waals surface area contributed by atoms with Crippen LogP contribution in [0.4, 0.5) is 0 Å². The van der Waals surface area contributed by atoms with Gasteiger partial charge in [0, 0.05) is 0 Å². The van der Waals surface area contributed by atoms with Crippen LogP contribution in [0, 0.1) is 6.92 Å². The summed E-state index contributed by atoms with van der Waals surface area (Å²) in [6, 6.07) is 15.8. The number of pyridine rings is 1. The first-order valence-corrected chi connectivity index (χ1v) is 16.6. The molecule has 0 bridgehead atoms. The Morgan fingerprint density at radius 2 is 1.52 bits per heavy atom. The van der Waals surface area contributed by atoms with Crippen molar-refractivity contribution in [2.45, 2.75) is 44.0 Å². The molecule has 1 nitrogen and oxygen atoms in total. The first kappa shape index (κ1) is 18.2. The van der Waals surface area contributed by atoms with E-state index in [1.807, 2.05) is 0 Å². The van der Waals surface area contributed by atoms with Gasteiger partial charge >= 0.3 is 155 Å². The van der Waals surface area contributed by atoms with Crippen molar-refractivity contribution in [2.24, 2.45) is 7.05 Å². The maximum atomic E-state index is 2.49. The summed E-state index contributed by atoms with van der Waals surface area (Å²) in [6.45, 7) is 6.87. The third-order valence-electron chi connectivity index (χ3n) is 5.10. The van der Waals surface area contributed by atoms with Crippen LogP contribution in [0.3, 0.4) is 0 Å². The molecule has 0 saturated heterocycles. The van der Waals surface area contributed by atoms with Crippen LogP contribution < -0.4 is 8.96 Å². The molecule has 0 spiro atoms. The number of nitrogens with zero attached hydrogens (tertiary/aromatic N) is 1. The predicted octanol–water partition coefficient (Wildman–Crippen LogP) is 5.31. The average Bonchev–Trinajstić information content (AvgIpc) is 2.53. The Bertz CT molecular complexity index is 933. The van der Waals surface area contributed by atoms with E-state index in [1.54, 1.807) is 4.40 Å². The number of aromatic nitrogens is 1. The first-order valence-electron chi connectivity index (χ1n) is 9.22. The summed E-state index contributed by atoms with van der Waals surface area (Å²) in [5.74, 6) is 8.02. The standard InChI is InChI=1S/C23H30GeN/c1-16(2)20-14-23(25(7)15-22(20)24(4,5)6)21-13-19-11-9-8-10-18(19)12-17(21)3/h8-16H,1-7H3/q+1. The van der Waals surface area contributed by atoms with Gasteiger partial charge < -0.3 is 0 Å². The van der Waals surface area contributed by atoms with E-state index in [2.05, 4.69) is 98.3 Å². The zero-order valence-corrected chi connectivity index (χ0v) is 18.7. The van der Waals surface area contributed by atoms with Gasteiger partial charge in [0.05, 0.1) is 0 Å². The molecule has 0 aliphatic carbocycles. The van der Waals surface area contributed by atoms with Crippen molar-refractivity contribution in [2.75, 3.05) is 0 Å². The Kier molecular flexibility index (Phi) is 4.81. The summed E-state index contributed by atoms with van der Waals surface area (Å²) in [5.41, 5.74) is 5.54. The van der Waals surface area contributed by atoms with E-state index >= 15 is 0 Å². The Morgan fingerprint density at radius 1 is 0.920 bits per heavy atom. The molecule has 1 aromatic heterocycles. The minimum absolute atomic E-state index is 0.556. The van der Waals surface area contributed by atoms with Crippen LogP contribution in [-0.2, 0) is 7.05 Å². The van der Waals surface area contributed by atoms with Crippen molar-refractivity contribution in [1.29, 1.82) is 0 Å². The topological polar surface area (TPSA) is 3.88 Å². The van der Waals surface area contributed by atoms with Gasteiger partial charge in [-0.1, -0.05) is 0 Å². The fourth-order valence-electron chi connectivity index (χ4n) is 3.67. The Balaban J connectivity index is 2.27. The van der Waals surface area contributed by atoms with Gasteiger partial charge in [-0.25, -0.2) is 0 Å². The van der Waals surface area contributed by atoms with Crippen molar-refractivity contribution < 1.29 is 4.57 Å². The molecule has 25 heavy (non-hydrogen) atoms. The maximum absolute atomic E-state index is 2.49.